The molecule has 2 amide bonds. The molecule has 7 nitrogen and oxygen atoms in total. The molecule has 1 aliphatic heterocycles. The predicted octanol–water partition coefficient (Wildman–Crippen LogP) is 2.71. The maximum atomic E-state index is 13.3. The van der Waals surface area contributed by atoms with Crippen LogP contribution in [0.5, 0.6) is 0 Å². The Kier molecular flexibility index (Phi) is 8.05. The summed E-state index contributed by atoms with van der Waals surface area (Å²) in [5.74, 6) is -0.477. The largest absolute Gasteiger partial charge is 0.356 e. The van der Waals surface area contributed by atoms with E-state index in [2.05, 4.69) is 12.2 Å². The van der Waals surface area contributed by atoms with Crippen molar-refractivity contribution in [1.82, 2.24) is 14.5 Å². The number of amides is 2. The molecular formula is C22H35N3O4S. The molecule has 168 valence electrons. The molecule has 0 aliphatic carbocycles. The summed E-state index contributed by atoms with van der Waals surface area (Å²) in [4.78, 5) is 27.7. The van der Waals surface area contributed by atoms with E-state index in [1.807, 2.05) is 13.8 Å². The number of rotatable bonds is 7. The highest BCUT2D eigenvalue weighted by molar-refractivity contribution is 7.89. The second-order valence-electron chi connectivity index (χ2n) is 8.43. The summed E-state index contributed by atoms with van der Waals surface area (Å²) in [7, 11) is -0.710. The Labute approximate surface area is 180 Å². The van der Waals surface area contributed by atoms with Crippen LogP contribution in [0.3, 0.4) is 0 Å². The van der Waals surface area contributed by atoms with E-state index >= 15 is 0 Å². The summed E-state index contributed by atoms with van der Waals surface area (Å²) in [5.41, 5.74) is 1.73. The SMILES string of the molecule is CCCCNC(=O)[C@@H]1CC[C@H](C)N(C(=O)c2cc(C)c(C)c(S(=O)(=O)N(C)C)c2)C1. The number of sulfonamides is 1. The monoisotopic (exact) mass is 437 g/mol. The van der Waals surface area contributed by atoms with Gasteiger partial charge in [0.2, 0.25) is 15.9 Å². The predicted molar refractivity (Wildman–Crippen MR) is 118 cm³/mol. The average Bonchev–Trinajstić information content (AvgIpc) is 2.69. The van der Waals surface area contributed by atoms with Crippen LogP contribution in [0.25, 0.3) is 0 Å². The van der Waals surface area contributed by atoms with Crippen LogP contribution in [0.4, 0.5) is 0 Å². The second kappa shape index (κ2) is 9.92. The second-order valence-corrected chi connectivity index (χ2v) is 10.5. The van der Waals surface area contributed by atoms with Crippen LogP contribution in [0.1, 0.15) is 61.0 Å². The maximum absolute atomic E-state index is 13.3. The third kappa shape index (κ3) is 5.21. The number of aryl methyl sites for hydroxylation is 1. The van der Waals surface area contributed by atoms with Gasteiger partial charge in [-0.1, -0.05) is 13.3 Å². The van der Waals surface area contributed by atoms with Crippen LogP contribution in [0.2, 0.25) is 0 Å². The first-order chi connectivity index (χ1) is 14.0. The number of hydrogen-bond donors (Lipinski definition) is 1. The fourth-order valence-corrected chi connectivity index (χ4v) is 4.93. The van der Waals surface area contributed by atoms with Crippen molar-refractivity contribution in [3.8, 4) is 0 Å². The molecule has 1 aromatic carbocycles. The lowest BCUT2D eigenvalue weighted by atomic mass is 9.91. The van der Waals surface area contributed by atoms with Gasteiger partial charge < -0.3 is 10.2 Å². The quantitative estimate of drug-likeness (QED) is 0.665. The molecule has 0 saturated carbocycles. The molecule has 1 fully saturated rings. The Morgan fingerprint density at radius 1 is 1.20 bits per heavy atom. The van der Waals surface area contributed by atoms with E-state index in [9.17, 15) is 18.0 Å². The first-order valence-corrected chi connectivity index (χ1v) is 12.1. The number of benzene rings is 1. The number of carbonyl (C=O) groups excluding carboxylic acids is 2. The van der Waals surface area contributed by atoms with Crippen molar-refractivity contribution in [2.45, 2.75) is 64.3 Å². The van der Waals surface area contributed by atoms with E-state index in [0.29, 0.717) is 24.2 Å². The minimum Gasteiger partial charge on any atom is -0.356 e. The lowest BCUT2D eigenvalue weighted by Crippen LogP contribution is -2.49. The van der Waals surface area contributed by atoms with Gasteiger partial charge in [0.15, 0.2) is 0 Å². The van der Waals surface area contributed by atoms with Gasteiger partial charge in [-0.25, -0.2) is 12.7 Å². The van der Waals surface area contributed by atoms with Gasteiger partial charge in [0.25, 0.3) is 5.91 Å². The van der Waals surface area contributed by atoms with E-state index in [1.165, 1.54) is 20.2 Å². The molecular weight excluding hydrogens is 402 g/mol. The summed E-state index contributed by atoms with van der Waals surface area (Å²) in [5, 5.41) is 2.96. The molecule has 2 atom stereocenters. The third-order valence-electron chi connectivity index (χ3n) is 5.97. The molecule has 2 rings (SSSR count). The van der Waals surface area contributed by atoms with Crippen LogP contribution in [-0.2, 0) is 14.8 Å². The van der Waals surface area contributed by atoms with E-state index in [1.54, 1.807) is 17.9 Å². The van der Waals surface area contributed by atoms with Crippen molar-refractivity contribution in [2.24, 2.45) is 5.92 Å². The first kappa shape index (κ1) is 24.3. The van der Waals surface area contributed by atoms with Gasteiger partial charge in [-0.2, -0.15) is 0 Å². The van der Waals surface area contributed by atoms with Gasteiger partial charge in [0.05, 0.1) is 10.8 Å². The lowest BCUT2D eigenvalue weighted by molar-refractivity contribution is -0.126. The summed E-state index contributed by atoms with van der Waals surface area (Å²) in [6.07, 6.45) is 3.43. The highest BCUT2D eigenvalue weighted by Crippen LogP contribution is 2.27. The smallest absolute Gasteiger partial charge is 0.254 e. The van der Waals surface area contributed by atoms with Gasteiger partial charge in [-0.15, -0.1) is 0 Å². The molecule has 30 heavy (non-hydrogen) atoms. The topological polar surface area (TPSA) is 86.8 Å². The van der Waals surface area contributed by atoms with Crippen LogP contribution < -0.4 is 5.32 Å². The summed E-state index contributed by atoms with van der Waals surface area (Å²) < 4.78 is 26.6. The van der Waals surface area contributed by atoms with Crippen molar-refractivity contribution < 1.29 is 18.0 Å². The van der Waals surface area contributed by atoms with Crippen molar-refractivity contribution in [2.75, 3.05) is 27.2 Å². The molecule has 8 heteroatoms. The molecule has 1 N–H and O–H groups in total. The highest BCUT2D eigenvalue weighted by Gasteiger charge is 2.34. The minimum atomic E-state index is -3.67. The summed E-state index contributed by atoms with van der Waals surface area (Å²) >= 11 is 0. The molecule has 1 heterocycles. The van der Waals surface area contributed by atoms with Crippen LogP contribution in [0.15, 0.2) is 17.0 Å². The van der Waals surface area contributed by atoms with Crippen molar-refractivity contribution >= 4 is 21.8 Å². The molecule has 0 unspecified atom stereocenters. The van der Waals surface area contributed by atoms with Gasteiger partial charge in [-0.3, -0.25) is 9.59 Å². The normalized spacial score (nSPS) is 19.8. The Balaban J connectivity index is 2.30. The highest BCUT2D eigenvalue weighted by atomic mass is 32.2. The van der Waals surface area contributed by atoms with Crippen molar-refractivity contribution in [3.05, 3.63) is 28.8 Å². The standard InChI is InChI=1S/C22H35N3O4S/c1-7-8-11-23-21(26)18-10-9-16(3)25(14-18)22(27)19-12-15(2)17(4)20(13-19)30(28,29)24(5)6/h12-13,16,18H,7-11,14H2,1-6H3,(H,23,26)/t16-,18+/m0/s1. The lowest BCUT2D eigenvalue weighted by Gasteiger charge is -2.37. The molecule has 0 aromatic heterocycles. The van der Waals surface area contributed by atoms with Gasteiger partial charge in [0, 0.05) is 38.8 Å². The van der Waals surface area contributed by atoms with Gasteiger partial charge in [-0.05, 0) is 63.3 Å². The van der Waals surface area contributed by atoms with Gasteiger partial charge in [0.1, 0.15) is 0 Å². The fraction of sp³-hybridized carbons (Fsp3) is 0.636. The maximum Gasteiger partial charge on any atom is 0.254 e. The molecule has 1 aliphatic rings. The Hall–Kier alpha value is -1.93. The average molecular weight is 438 g/mol. The summed E-state index contributed by atoms with van der Waals surface area (Å²) in [6.45, 7) is 8.61. The third-order valence-corrected chi connectivity index (χ3v) is 7.91. The Bertz CT molecular complexity index is 896. The minimum absolute atomic E-state index is 0.00675. The number of piperidine rings is 1. The molecule has 1 aromatic rings. The number of nitrogens with one attached hydrogen (secondary N) is 1. The van der Waals surface area contributed by atoms with E-state index < -0.39 is 10.0 Å². The molecule has 0 radical (unpaired) electrons. The summed E-state index contributed by atoms with van der Waals surface area (Å²) in [6, 6.07) is 3.20. The molecule has 0 bridgehead atoms. The van der Waals surface area contributed by atoms with Crippen molar-refractivity contribution in [1.29, 1.82) is 0 Å². The van der Waals surface area contributed by atoms with Crippen LogP contribution >= 0.6 is 0 Å². The van der Waals surface area contributed by atoms with Gasteiger partial charge >= 0.3 is 0 Å². The zero-order chi connectivity index (χ0) is 22.6. The number of hydrogen-bond acceptors (Lipinski definition) is 4. The van der Waals surface area contributed by atoms with E-state index in [0.717, 1.165) is 35.6 Å². The first-order valence-electron chi connectivity index (χ1n) is 10.6. The number of unbranched alkanes of at least 4 members (excludes halogenated alkanes) is 1. The number of nitrogens with zero attached hydrogens (tertiary/aromatic N) is 2. The molecule has 0 spiro atoms. The Morgan fingerprint density at radius 3 is 2.47 bits per heavy atom. The number of likely N-dealkylation sites (tertiary alicyclic amines) is 1. The van der Waals surface area contributed by atoms with E-state index in [4.69, 9.17) is 0 Å². The van der Waals surface area contributed by atoms with Crippen LogP contribution in [-0.4, -0.2) is 62.7 Å². The number of carbonyl (C=O) groups is 2. The zero-order valence-electron chi connectivity index (χ0n) is 19.0. The zero-order valence-corrected chi connectivity index (χ0v) is 19.8. The van der Waals surface area contributed by atoms with Crippen LogP contribution in [0, 0.1) is 19.8 Å². The molecule has 1 saturated heterocycles. The van der Waals surface area contributed by atoms with E-state index in [-0.39, 0.29) is 28.7 Å². The van der Waals surface area contributed by atoms with Crippen molar-refractivity contribution in [3.63, 3.8) is 0 Å². The fourth-order valence-electron chi connectivity index (χ4n) is 3.72. The Morgan fingerprint density at radius 2 is 1.87 bits per heavy atom.